The van der Waals surface area contributed by atoms with Crippen LogP contribution < -0.4 is 0 Å². The first-order valence-electron chi connectivity index (χ1n) is 8.04. The zero-order valence-electron chi connectivity index (χ0n) is 13.4. The first-order valence-corrected chi connectivity index (χ1v) is 8.86. The number of carbonyl (C=O) groups excluding carboxylic acids is 1. The average Bonchev–Trinajstić information content (AvgIpc) is 3.33. The van der Waals surface area contributed by atoms with Crippen molar-refractivity contribution in [3.8, 4) is 10.7 Å². The number of halogens is 1. The van der Waals surface area contributed by atoms with Crippen molar-refractivity contribution in [3.05, 3.63) is 71.1 Å². The molecule has 25 heavy (non-hydrogen) atoms. The molecule has 3 heterocycles. The van der Waals surface area contributed by atoms with Crippen LogP contribution in [0.1, 0.15) is 21.7 Å². The van der Waals surface area contributed by atoms with Gasteiger partial charge in [0.15, 0.2) is 0 Å². The number of rotatable bonds is 3. The van der Waals surface area contributed by atoms with Gasteiger partial charge in [-0.05, 0) is 41.8 Å². The molecule has 4 rings (SSSR count). The smallest absolute Gasteiger partial charge is 0.264 e. The fourth-order valence-corrected chi connectivity index (χ4v) is 3.85. The van der Waals surface area contributed by atoms with Crippen LogP contribution in [0.4, 0.5) is 4.39 Å². The molecule has 0 spiro atoms. The molecule has 3 aromatic rings. The second-order valence-electron chi connectivity index (χ2n) is 5.84. The molecular weight excluding hydrogens is 337 g/mol. The molecule has 4 nitrogen and oxygen atoms in total. The Kier molecular flexibility index (Phi) is 4.19. The predicted molar refractivity (Wildman–Crippen MR) is 96.8 cm³/mol. The van der Waals surface area contributed by atoms with Crippen LogP contribution in [-0.4, -0.2) is 33.9 Å². The second-order valence-corrected chi connectivity index (χ2v) is 6.92. The van der Waals surface area contributed by atoms with E-state index in [-0.39, 0.29) is 11.7 Å². The van der Waals surface area contributed by atoms with Crippen molar-refractivity contribution in [2.24, 2.45) is 0 Å². The maximum absolute atomic E-state index is 13.0. The number of thiophene rings is 1. The highest BCUT2D eigenvalue weighted by Gasteiger charge is 2.21. The summed E-state index contributed by atoms with van der Waals surface area (Å²) in [6.45, 7) is 1.23. The standard InChI is InChI=1S/C19H16FN3OS/c20-15-3-1-13(2-4-15)14-7-11-23(12-8-14)19(24)17-6-5-16(25-17)18-21-9-10-22-18/h1-7,9-10H,8,11-12H2,(H,21,22). The topological polar surface area (TPSA) is 49.0 Å². The SMILES string of the molecule is O=C(c1ccc(-c2ncc[nH]2)s1)N1CC=C(c2ccc(F)cc2)CC1. The molecule has 0 saturated heterocycles. The number of nitrogens with one attached hydrogen (secondary N) is 1. The summed E-state index contributed by atoms with van der Waals surface area (Å²) in [5.74, 6) is 0.584. The molecule has 0 fully saturated rings. The summed E-state index contributed by atoms with van der Waals surface area (Å²) in [7, 11) is 0. The lowest BCUT2D eigenvalue weighted by Gasteiger charge is -2.26. The number of amides is 1. The Bertz CT molecular complexity index is 913. The third-order valence-electron chi connectivity index (χ3n) is 4.26. The number of carbonyl (C=O) groups is 1. The molecule has 2 aromatic heterocycles. The Labute approximate surface area is 148 Å². The monoisotopic (exact) mass is 353 g/mol. The van der Waals surface area contributed by atoms with Gasteiger partial charge in [-0.15, -0.1) is 11.3 Å². The van der Waals surface area contributed by atoms with E-state index in [1.807, 2.05) is 17.0 Å². The quantitative estimate of drug-likeness (QED) is 0.767. The summed E-state index contributed by atoms with van der Waals surface area (Å²) in [6.07, 6.45) is 6.29. The number of hydrogen-bond donors (Lipinski definition) is 1. The van der Waals surface area contributed by atoms with Crippen molar-refractivity contribution in [1.82, 2.24) is 14.9 Å². The molecule has 0 unspecified atom stereocenters. The molecule has 1 aliphatic rings. The maximum Gasteiger partial charge on any atom is 0.264 e. The van der Waals surface area contributed by atoms with Crippen molar-refractivity contribution in [2.75, 3.05) is 13.1 Å². The number of benzene rings is 1. The number of H-pyrrole nitrogens is 1. The van der Waals surface area contributed by atoms with Crippen molar-refractivity contribution >= 4 is 22.8 Å². The Morgan fingerprint density at radius 1 is 1.20 bits per heavy atom. The van der Waals surface area contributed by atoms with Gasteiger partial charge in [-0.25, -0.2) is 9.37 Å². The minimum Gasteiger partial charge on any atom is -0.344 e. The lowest BCUT2D eigenvalue weighted by molar-refractivity contribution is 0.0777. The van der Waals surface area contributed by atoms with Crippen molar-refractivity contribution in [1.29, 1.82) is 0 Å². The molecule has 0 bridgehead atoms. The normalized spacial score (nSPS) is 14.4. The second kappa shape index (κ2) is 6.64. The summed E-state index contributed by atoms with van der Waals surface area (Å²) < 4.78 is 13.0. The van der Waals surface area contributed by atoms with Gasteiger partial charge in [0.25, 0.3) is 5.91 Å². The van der Waals surface area contributed by atoms with Crippen molar-refractivity contribution in [2.45, 2.75) is 6.42 Å². The summed E-state index contributed by atoms with van der Waals surface area (Å²) in [5.41, 5.74) is 2.18. The van der Waals surface area contributed by atoms with Gasteiger partial charge < -0.3 is 9.88 Å². The fraction of sp³-hybridized carbons (Fsp3) is 0.158. The number of aromatic nitrogens is 2. The van der Waals surface area contributed by atoms with Gasteiger partial charge in [0.05, 0.1) is 9.75 Å². The third kappa shape index (κ3) is 3.25. The molecule has 0 aliphatic carbocycles. The molecule has 126 valence electrons. The highest BCUT2D eigenvalue weighted by molar-refractivity contribution is 7.17. The van der Waals surface area contributed by atoms with Crippen LogP contribution in [0.15, 0.2) is 54.9 Å². The molecule has 0 saturated carbocycles. The molecule has 1 amide bonds. The van der Waals surface area contributed by atoms with E-state index in [0.717, 1.165) is 28.3 Å². The van der Waals surface area contributed by atoms with E-state index in [1.54, 1.807) is 24.5 Å². The summed E-state index contributed by atoms with van der Waals surface area (Å²) in [5, 5.41) is 0. The first kappa shape index (κ1) is 15.8. The fourth-order valence-electron chi connectivity index (χ4n) is 2.92. The Morgan fingerprint density at radius 2 is 2.04 bits per heavy atom. The van der Waals surface area contributed by atoms with E-state index in [0.29, 0.717) is 18.0 Å². The number of hydrogen-bond acceptors (Lipinski definition) is 3. The Morgan fingerprint density at radius 3 is 2.72 bits per heavy atom. The van der Waals surface area contributed by atoms with E-state index >= 15 is 0 Å². The van der Waals surface area contributed by atoms with Gasteiger partial charge in [0, 0.05) is 25.5 Å². The Hall–Kier alpha value is -2.73. The summed E-state index contributed by atoms with van der Waals surface area (Å²) >= 11 is 1.44. The van der Waals surface area contributed by atoms with E-state index in [1.165, 1.54) is 23.5 Å². The van der Waals surface area contributed by atoms with E-state index in [2.05, 4.69) is 16.0 Å². The largest absolute Gasteiger partial charge is 0.344 e. The van der Waals surface area contributed by atoms with Crippen LogP contribution in [0.5, 0.6) is 0 Å². The summed E-state index contributed by atoms with van der Waals surface area (Å²) in [6, 6.07) is 10.3. The predicted octanol–water partition coefficient (Wildman–Crippen LogP) is 4.21. The van der Waals surface area contributed by atoms with E-state index in [4.69, 9.17) is 0 Å². The molecule has 1 N–H and O–H groups in total. The number of nitrogens with zero attached hydrogens (tertiary/aromatic N) is 2. The highest BCUT2D eigenvalue weighted by atomic mass is 32.1. The van der Waals surface area contributed by atoms with Crippen molar-refractivity contribution < 1.29 is 9.18 Å². The van der Waals surface area contributed by atoms with E-state index < -0.39 is 0 Å². The van der Waals surface area contributed by atoms with Gasteiger partial charge in [0.2, 0.25) is 0 Å². The van der Waals surface area contributed by atoms with Crippen LogP contribution in [-0.2, 0) is 0 Å². The molecular formula is C19H16FN3OS. The van der Waals surface area contributed by atoms with Crippen molar-refractivity contribution in [3.63, 3.8) is 0 Å². The summed E-state index contributed by atoms with van der Waals surface area (Å²) in [4.78, 5) is 23.5. The zero-order valence-corrected chi connectivity index (χ0v) is 14.2. The van der Waals surface area contributed by atoms with E-state index in [9.17, 15) is 9.18 Å². The van der Waals surface area contributed by atoms with Gasteiger partial charge in [-0.2, -0.15) is 0 Å². The minimum atomic E-state index is -0.234. The number of imidazole rings is 1. The van der Waals surface area contributed by atoms with Crippen LogP contribution in [0.2, 0.25) is 0 Å². The molecule has 0 radical (unpaired) electrons. The van der Waals surface area contributed by atoms with Gasteiger partial charge in [-0.3, -0.25) is 4.79 Å². The lowest BCUT2D eigenvalue weighted by atomic mass is 9.99. The van der Waals surface area contributed by atoms with Crippen LogP contribution in [0, 0.1) is 5.82 Å². The zero-order chi connectivity index (χ0) is 17.2. The van der Waals surface area contributed by atoms with Crippen LogP contribution in [0.25, 0.3) is 16.3 Å². The van der Waals surface area contributed by atoms with Gasteiger partial charge >= 0.3 is 0 Å². The number of aromatic amines is 1. The molecule has 1 aromatic carbocycles. The average molecular weight is 353 g/mol. The minimum absolute atomic E-state index is 0.0391. The van der Waals surface area contributed by atoms with Gasteiger partial charge in [-0.1, -0.05) is 18.2 Å². The maximum atomic E-state index is 13.0. The first-order chi connectivity index (χ1) is 12.2. The highest BCUT2D eigenvalue weighted by Crippen LogP contribution is 2.28. The molecule has 0 atom stereocenters. The van der Waals surface area contributed by atoms with Crippen LogP contribution >= 0.6 is 11.3 Å². The molecule has 6 heteroatoms. The van der Waals surface area contributed by atoms with Crippen LogP contribution in [0.3, 0.4) is 0 Å². The lowest BCUT2D eigenvalue weighted by Crippen LogP contribution is -2.34. The molecule has 1 aliphatic heterocycles. The Balaban J connectivity index is 1.47. The van der Waals surface area contributed by atoms with Gasteiger partial charge in [0.1, 0.15) is 11.6 Å². The third-order valence-corrected chi connectivity index (χ3v) is 5.34.